The molecule has 0 saturated heterocycles. The SMILES string of the molecule is NCc1cc2ccccc2c(Br)c1CN. The first-order valence-electron chi connectivity index (χ1n) is 4.87. The Morgan fingerprint density at radius 1 is 1.07 bits per heavy atom. The van der Waals surface area contributed by atoms with Crippen molar-refractivity contribution >= 4 is 26.7 Å². The van der Waals surface area contributed by atoms with Crippen molar-refractivity contribution in [2.75, 3.05) is 0 Å². The summed E-state index contributed by atoms with van der Waals surface area (Å²) >= 11 is 3.60. The van der Waals surface area contributed by atoms with E-state index >= 15 is 0 Å². The van der Waals surface area contributed by atoms with Gasteiger partial charge in [-0.3, -0.25) is 0 Å². The zero-order valence-corrected chi connectivity index (χ0v) is 9.92. The van der Waals surface area contributed by atoms with Crippen LogP contribution in [0.15, 0.2) is 34.8 Å². The lowest BCUT2D eigenvalue weighted by Crippen LogP contribution is -2.07. The third-order valence-electron chi connectivity index (χ3n) is 2.60. The van der Waals surface area contributed by atoms with Crippen molar-refractivity contribution in [1.29, 1.82) is 0 Å². The van der Waals surface area contributed by atoms with Gasteiger partial charge in [-0.1, -0.05) is 24.3 Å². The number of nitrogens with two attached hydrogens (primary N) is 2. The summed E-state index contributed by atoms with van der Waals surface area (Å²) in [7, 11) is 0. The van der Waals surface area contributed by atoms with Gasteiger partial charge in [-0.25, -0.2) is 0 Å². The molecule has 2 aromatic carbocycles. The quantitative estimate of drug-likeness (QED) is 0.876. The summed E-state index contributed by atoms with van der Waals surface area (Å²) in [5, 5.41) is 2.39. The Labute approximate surface area is 97.4 Å². The van der Waals surface area contributed by atoms with Crippen LogP contribution in [-0.4, -0.2) is 0 Å². The van der Waals surface area contributed by atoms with Crippen LogP contribution in [0.2, 0.25) is 0 Å². The molecule has 0 amide bonds. The number of rotatable bonds is 2. The highest BCUT2D eigenvalue weighted by Gasteiger charge is 2.08. The first kappa shape index (κ1) is 10.6. The lowest BCUT2D eigenvalue weighted by Gasteiger charge is -2.11. The van der Waals surface area contributed by atoms with Crippen LogP contribution in [0, 0.1) is 0 Å². The molecule has 0 aromatic heterocycles. The maximum absolute atomic E-state index is 5.73. The molecule has 2 nitrogen and oxygen atoms in total. The number of halogens is 1. The molecule has 15 heavy (non-hydrogen) atoms. The van der Waals surface area contributed by atoms with Crippen molar-refractivity contribution < 1.29 is 0 Å². The molecule has 78 valence electrons. The largest absolute Gasteiger partial charge is 0.326 e. The van der Waals surface area contributed by atoms with Gasteiger partial charge in [0.25, 0.3) is 0 Å². The Bertz CT molecular complexity index is 494. The van der Waals surface area contributed by atoms with E-state index < -0.39 is 0 Å². The van der Waals surface area contributed by atoms with Gasteiger partial charge < -0.3 is 11.5 Å². The van der Waals surface area contributed by atoms with Crippen molar-refractivity contribution in [2.45, 2.75) is 13.1 Å². The minimum Gasteiger partial charge on any atom is -0.326 e. The zero-order chi connectivity index (χ0) is 10.8. The molecule has 3 heteroatoms. The molecule has 0 aliphatic heterocycles. The summed E-state index contributed by atoms with van der Waals surface area (Å²) in [5.74, 6) is 0. The van der Waals surface area contributed by atoms with Gasteiger partial charge in [-0.2, -0.15) is 0 Å². The van der Waals surface area contributed by atoms with Crippen LogP contribution in [0.3, 0.4) is 0 Å². The van der Waals surface area contributed by atoms with E-state index in [9.17, 15) is 0 Å². The summed E-state index contributed by atoms with van der Waals surface area (Å²) in [5.41, 5.74) is 13.7. The van der Waals surface area contributed by atoms with Gasteiger partial charge in [0.2, 0.25) is 0 Å². The molecule has 0 saturated carbocycles. The van der Waals surface area contributed by atoms with Crippen LogP contribution >= 0.6 is 15.9 Å². The number of hydrogen-bond acceptors (Lipinski definition) is 2. The minimum atomic E-state index is 0.512. The molecule has 0 spiro atoms. The summed E-state index contributed by atoms with van der Waals surface area (Å²) in [6, 6.07) is 10.3. The van der Waals surface area contributed by atoms with E-state index in [2.05, 4.69) is 34.1 Å². The standard InChI is InChI=1S/C12H13BrN2/c13-12-10-4-2-1-3-8(10)5-9(6-14)11(12)7-15/h1-5H,6-7,14-15H2. The molecule has 2 rings (SSSR count). The normalized spacial score (nSPS) is 10.9. The monoisotopic (exact) mass is 264 g/mol. The molecule has 0 fully saturated rings. The molecule has 0 bridgehead atoms. The summed E-state index contributed by atoms with van der Waals surface area (Å²) in [6.45, 7) is 1.04. The maximum atomic E-state index is 5.73. The van der Waals surface area contributed by atoms with Gasteiger partial charge in [-0.05, 0) is 43.9 Å². The van der Waals surface area contributed by atoms with Crippen LogP contribution in [0.25, 0.3) is 10.8 Å². The second kappa shape index (κ2) is 4.31. The molecule has 0 aliphatic rings. The number of hydrogen-bond donors (Lipinski definition) is 2. The van der Waals surface area contributed by atoms with Gasteiger partial charge in [0.1, 0.15) is 0 Å². The van der Waals surface area contributed by atoms with Crippen LogP contribution < -0.4 is 11.5 Å². The third kappa shape index (κ3) is 1.78. The highest BCUT2D eigenvalue weighted by molar-refractivity contribution is 9.10. The zero-order valence-electron chi connectivity index (χ0n) is 8.33. The van der Waals surface area contributed by atoms with Gasteiger partial charge in [-0.15, -0.1) is 0 Å². The van der Waals surface area contributed by atoms with Crippen LogP contribution in [0.4, 0.5) is 0 Å². The topological polar surface area (TPSA) is 52.0 Å². The van der Waals surface area contributed by atoms with E-state index in [-0.39, 0.29) is 0 Å². The average Bonchev–Trinajstić information content (AvgIpc) is 2.29. The van der Waals surface area contributed by atoms with Gasteiger partial charge in [0, 0.05) is 17.6 Å². The minimum absolute atomic E-state index is 0.512. The molecule has 2 aromatic rings. The van der Waals surface area contributed by atoms with Crippen molar-refractivity contribution in [2.24, 2.45) is 11.5 Å². The Balaban J connectivity index is 2.81. The van der Waals surface area contributed by atoms with E-state index in [4.69, 9.17) is 11.5 Å². The molecule has 0 heterocycles. The second-order valence-corrected chi connectivity index (χ2v) is 4.25. The highest BCUT2D eigenvalue weighted by Crippen LogP contribution is 2.30. The third-order valence-corrected chi connectivity index (χ3v) is 3.51. The smallest absolute Gasteiger partial charge is 0.0301 e. The summed E-state index contributed by atoms with van der Waals surface area (Å²) in [4.78, 5) is 0. The van der Waals surface area contributed by atoms with Gasteiger partial charge >= 0.3 is 0 Å². The average molecular weight is 265 g/mol. The summed E-state index contributed by atoms with van der Waals surface area (Å²) < 4.78 is 1.07. The van der Waals surface area contributed by atoms with E-state index in [1.165, 1.54) is 10.8 Å². The highest BCUT2D eigenvalue weighted by atomic mass is 79.9. The molecular formula is C12H13BrN2. The fourth-order valence-corrected chi connectivity index (χ4v) is 2.58. The molecule has 0 radical (unpaired) electrons. The first-order chi connectivity index (χ1) is 7.27. The predicted octanol–water partition coefficient (Wildman–Crippen LogP) is 2.52. The number of fused-ring (bicyclic) bond motifs is 1. The number of benzene rings is 2. The van der Waals surface area contributed by atoms with E-state index in [0.29, 0.717) is 13.1 Å². The van der Waals surface area contributed by atoms with Crippen molar-refractivity contribution in [3.8, 4) is 0 Å². The lowest BCUT2D eigenvalue weighted by molar-refractivity contribution is 0.978. The summed E-state index contributed by atoms with van der Waals surface area (Å²) in [6.07, 6.45) is 0. The molecule has 0 unspecified atom stereocenters. The fourth-order valence-electron chi connectivity index (χ4n) is 1.80. The van der Waals surface area contributed by atoms with Crippen LogP contribution in [0.1, 0.15) is 11.1 Å². The van der Waals surface area contributed by atoms with Gasteiger partial charge in [0.15, 0.2) is 0 Å². The van der Waals surface area contributed by atoms with Crippen molar-refractivity contribution in [1.82, 2.24) is 0 Å². The molecular weight excluding hydrogens is 252 g/mol. The van der Waals surface area contributed by atoms with E-state index in [1.807, 2.05) is 12.1 Å². The molecule has 4 N–H and O–H groups in total. The molecule has 0 aliphatic carbocycles. The van der Waals surface area contributed by atoms with Crippen molar-refractivity contribution in [3.05, 3.63) is 45.9 Å². The van der Waals surface area contributed by atoms with Gasteiger partial charge in [0.05, 0.1) is 0 Å². The van der Waals surface area contributed by atoms with E-state index in [0.717, 1.165) is 15.6 Å². The maximum Gasteiger partial charge on any atom is 0.0301 e. The Kier molecular flexibility index (Phi) is 3.05. The molecule has 0 atom stereocenters. The Morgan fingerprint density at radius 2 is 1.80 bits per heavy atom. The van der Waals surface area contributed by atoms with E-state index in [1.54, 1.807) is 0 Å². The Hall–Kier alpha value is -0.900. The van der Waals surface area contributed by atoms with Crippen molar-refractivity contribution in [3.63, 3.8) is 0 Å². The Morgan fingerprint density at radius 3 is 2.47 bits per heavy atom. The van der Waals surface area contributed by atoms with Crippen LogP contribution in [-0.2, 0) is 13.1 Å². The van der Waals surface area contributed by atoms with Crippen LogP contribution in [0.5, 0.6) is 0 Å². The lowest BCUT2D eigenvalue weighted by atomic mass is 10.0. The first-order valence-corrected chi connectivity index (χ1v) is 5.66. The second-order valence-electron chi connectivity index (χ2n) is 3.46. The fraction of sp³-hybridized carbons (Fsp3) is 0.167. The predicted molar refractivity (Wildman–Crippen MR) is 67.4 cm³/mol.